The quantitative estimate of drug-likeness (QED) is 0.781. The molecular formula is C19H25N3O2. The molecule has 0 N–H and O–H groups in total. The molecule has 1 atom stereocenters. The smallest absolute Gasteiger partial charge is 0.157 e. The van der Waals surface area contributed by atoms with E-state index in [-0.39, 0.29) is 6.10 Å². The third-order valence-electron chi connectivity index (χ3n) is 4.13. The Bertz CT molecular complexity index is 598. The van der Waals surface area contributed by atoms with E-state index >= 15 is 0 Å². The van der Waals surface area contributed by atoms with E-state index in [1.165, 1.54) is 6.42 Å². The summed E-state index contributed by atoms with van der Waals surface area (Å²) in [5, 5.41) is 0. The third-order valence-corrected chi connectivity index (χ3v) is 4.13. The van der Waals surface area contributed by atoms with Gasteiger partial charge in [0.1, 0.15) is 18.5 Å². The van der Waals surface area contributed by atoms with Gasteiger partial charge >= 0.3 is 0 Å². The first-order valence-corrected chi connectivity index (χ1v) is 8.60. The Hall–Kier alpha value is -1.98. The molecule has 1 aromatic carbocycles. The number of rotatable bonds is 7. The van der Waals surface area contributed by atoms with Crippen molar-refractivity contribution in [3.8, 4) is 5.75 Å². The van der Waals surface area contributed by atoms with Crippen LogP contribution in [-0.4, -0.2) is 41.7 Å². The van der Waals surface area contributed by atoms with Gasteiger partial charge in [0.25, 0.3) is 0 Å². The zero-order chi connectivity index (χ0) is 16.6. The maximum absolute atomic E-state index is 5.73. The molecule has 5 nitrogen and oxygen atoms in total. The maximum atomic E-state index is 5.73. The van der Waals surface area contributed by atoms with Crippen molar-refractivity contribution in [2.75, 3.05) is 26.8 Å². The van der Waals surface area contributed by atoms with Gasteiger partial charge in [-0.2, -0.15) is 0 Å². The summed E-state index contributed by atoms with van der Waals surface area (Å²) in [6, 6.07) is 9.89. The van der Waals surface area contributed by atoms with Crippen LogP contribution in [0.4, 0.5) is 0 Å². The second kappa shape index (κ2) is 8.76. The Kier molecular flexibility index (Phi) is 6.15. The molecule has 0 bridgehead atoms. The summed E-state index contributed by atoms with van der Waals surface area (Å²) in [5.74, 6) is 1.72. The predicted molar refractivity (Wildman–Crippen MR) is 92.8 cm³/mol. The highest BCUT2D eigenvalue weighted by Crippen LogP contribution is 2.24. The number of hydrogen-bond acceptors (Lipinski definition) is 5. The van der Waals surface area contributed by atoms with Gasteiger partial charge in [0.2, 0.25) is 0 Å². The van der Waals surface area contributed by atoms with Crippen LogP contribution < -0.4 is 4.74 Å². The number of nitrogens with zero attached hydrogens (tertiary/aromatic N) is 3. The molecule has 0 spiro atoms. The van der Waals surface area contributed by atoms with E-state index in [1.54, 1.807) is 0 Å². The van der Waals surface area contributed by atoms with Gasteiger partial charge in [-0.05, 0) is 38.4 Å². The van der Waals surface area contributed by atoms with E-state index in [1.807, 2.05) is 42.7 Å². The van der Waals surface area contributed by atoms with Crippen molar-refractivity contribution < 1.29 is 9.47 Å². The number of aromatic nitrogens is 2. The lowest BCUT2D eigenvalue weighted by Gasteiger charge is -2.21. The van der Waals surface area contributed by atoms with Crippen LogP contribution in [0.3, 0.4) is 0 Å². The Morgan fingerprint density at radius 1 is 1.17 bits per heavy atom. The number of benzene rings is 1. The minimum absolute atomic E-state index is 0.0739. The molecule has 1 fully saturated rings. The van der Waals surface area contributed by atoms with E-state index < -0.39 is 0 Å². The van der Waals surface area contributed by atoms with Gasteiger partial charge in [-0.15, -0.1) is 0 Å². The van der Waals surface area contributed by atoms with E-state index in [4.69, 9.17) is 9.47 Å². The van der Waals surface area contributed by atoms with Gasteiger partial charge in [-0.25, -0.2) is 9.97 Å². The van der Waals surface area contributed by atoms with Crippen molar-refractivity contribution in [1.29, 1.82) is 0 Å². The van der Waals surface area contributed by atoms with Crippen LogP contribution in [-0.2, 0) is 11.3 Å². The standard InChI is InChI=1S/C19H25N3O2/c1-22(10-12-23-17-7-3-2-4-8-17)15-16-13-20-19(21-14-16)18-9-5-6-11-24-18/h2-4,7-8,13-14,18H,5-6,9-12,15H2,1H3/t18-/m0/s1. The monoisotopic (exact) mass is 327 g/mol. The van der Waals surface area contributed by atoms with Gasteiger partial charge in [0.15, 0.2) is 5.82 Å². The molecule has 128 valence electrons. The van der Waals surface area contributed by atoms with E-state index in [0.717, 1.165) is 49.7 Å². The summed E-state index contributed by atoms with van der Waals surface area (Å²) in [6.07, 6.45) is 7.26. The Balaban J connectivity index is 1.43. The fraction of sp³-hybridized carbons (Fsp3) is 0.474. The molecule has 0 aliphatic carbocycles. The molecule has 0 radical (unpaired) electrons. The second-order valence-corrected chi connectivity index (χ2v) is 6.20. The van der Waals surface area contributed by atoms with Crippen LogP contribution in [0.1, 0.15) is 36.8 Å². The van der Waals surface area contributed by atoms with Gasteiger partial charge in [0, 0.05) is 37.7 Å². The molecule has 1 saturated heterocycles. The van der Waals surface area contributed by atoms with Crippen LogP contribution in [0.25, 0.3) is 0 Å². The average Bonchev–Trinajstić information content (AvgIpc) is 2.64. The number of likely N-dealkylation sites (N-methyl/N-ethyl adjacent to an activating group) is 1. The molecule has 1 aromatic heterocycles. The van der Waals surface area contributed by atoms with E-state index in [2.05, 4.69) is 21.9 Å². The Labute approximate surface area is 143 Å². The summed E-state index contributed by atoms with van der Waals surface area (Å²) < 4.78 is 11.5. The third kappa shape index (κ3) is 5.01. The molecule has 2 aromatic rings. The normalized spacial score (nSPS) is 17.8. The number of hydrogen-bond donors (Lipinski definition) is 0. The van der Waals surface area contributed by atoms with Crippen LogP contribution in [0.5, 0.6) is 5.75 Å². The highest BCUT2D eigenvalue weighted by Gasteiger charge is 2.18. The lowest BCUT2D eigenvalue weighted by Crippen LogP contribution is -2.24. The molecule has 0 saturated carbocycles. The molecule has 0 unspecified atom stereocenters. The van der Waals surface area contributed by atoms with Crippen LogP contribution in [0.15, 0.2) is 42.7 Å². The molecule has 5 heteroatoms. The minimum atomic E-state index is 0.0739. The number of para-hydroxylation sites is 1. The molecule has 2 heterocycles. The van der Waals surface area contributed by atoms with Crippen LogP contribution in [0, 0.1) is 0 Å². The fourth-order valence-electron chi connectivity index (χ4n) is 2.78. The average molecular weight is 327 g/mol. The topological polar surface area (TPSA) is 47.5 Å². The first kappa shape index (κ1) is 16.9. The van der Waals surface area contributed by atoms with E-state index in [9.17, 15) is 0 Å². The molecular weight excluding hydrogens is 302 g/mol. The number of ether oxygens (including phenoxy) is 2. The second-order valence-electron chi connectivity index (χ2n) is 6.20. The zero-order valence-electron chi connectivity index (χ0n) is 14.2. The van der Waals surface area contributed by atoms with Crippen LogP contribution in [0.2, 0.25) is 0 Å². The summed E-state index contributed by atoms with van der Waals surface area (Å²) >= 11 is 0. The maximum Gasteiger partial charge on any atom is 0.157 e. The highest BCUT2D eigenvalue weighted by atomic mass is 16.5. The lowest BCUT2D eigenvalue weighted by molar-refractivity contribution is 0.00938. The van der Waals surface area contributed by atoms with Gasteiger partial charge in [-0.1, -0.05) is 18.2 Å². The summed E-state index contributed by atoms with van der Waals surface area (Å²) in [7, 11) is 2.08. The fourth-order valence-corrected chi connectivity index (χ4v) is 2.78. The molecule has 0 amide bonds. The SMILES string of the molecule is CN(CCOc1ccccc1)Cc1cnc([C@@H]2CCCCO2)nc1. The van der Waals surface area contributed by atoms with Crippen molar-refractivity contribution in [3.05, 3.63) is 54.1 Å². The molecule has 1 aliphatic rings. The van der Waals surface area contributed by atoms with Gasteiger partial charge < -0.3 is 9.47 Å². The van der Waals surface area contributed by atoms with E-state index in [0.29, 0.717) is 6.61 Å². The first-order chi connectivity index (χ1) is 11.8. The molecule has 1 aliphatic heterocycles. The first-order valence-electron chi connectivity index (χ1n) is 8.60. The van der Waals surface area contributed by atoms with Gasteiger partial charge in [-0.3, -0.25) is 4.90 Å². The zero-order valence-corrected chi connectivity index (χ0v) is 14.2. The van der Waals surface area contributed by atoms with Crippen molar-refractivity contribution >= 4 is 0 Å². The minimum Gasteiger partial charge on any atom is -0.492 e. The van der Waals surface area contributed by atoms with Crippen molar-refractivity contribution in [2.24, 2.45) is 0 Å². The lowest BCUT2D eigenvalue weighted by atomic mass is 10.1. The largest absolute Gasteiger partial charge is 0.492 e. The molecule has 24 heavy (non-hydrogen) atoms. The van der Waals surface area contributed by atoms with Gasteiger partial charge in [0.05, 0.1) is 0 Å². The summed E-state index contributed by atoms with van der Waals surface area (Å²) in [5.41, 5.74) is 1.11. The van der Waals surface area contributed by atoms with Crippen LogP contribution >= 0.6 is 0 Å². The Morgan fingerprint density at radius 2 is 1.96 bits per heavy atom. The Morgan fingerprint density at radius 3 is 2.67 bits per heavy atom. The van der Waals surface area contributed by atoms with Crippen molar-refractivity contribution in [2.45, 2.75) is 31.9 Å². The highest BCUT2D eigenvalue weighted by molar-refractivity contribution is 5.20. The van der Waals surface area contributed by atoms with Crippen molar-refractivity contribution in [3.63, 3.8) is 0 Å². The molecule has 3 rings (SSSR count). The predicted octanol–water partition coefficient (Wildman–Crippen LogP) is 3.23. The van der Waals surface area contributed by atoms with Crippen molar-refractivity contribution in [1.82, 2.24) is 14.9 Å². The summed E-state index contributed by atoms with van der Waals surface area (Å²) in [4.78, 5) is 11.2. The summed E-state index contributed by atoms with van der Waals surface area (Å²) in [6.45, 7) is 3.14.